The Morgan fingerprint density at radius 3 is 2.41 bits per heavy atom. The van der Waals surface area contributed by atoms with E-state index in [4.69, 9.17) is 4.52 Å². The van der Waals surface area contributed by atoms with Crippen molar-refractivity contribution in [2.45, 2.75) is 13.8 Å². The summed E-state index contributed by atoms with van der Waals surface area (Å²) in [5.74, 6) is 0.0802. The standard InChI is InChI=1S/C14H17N3O4S/c1-10-4-6-12(7-5-10)15-14(18)9-17(22(3,19)20)13-8-11(2)21-16-13/h4-8H,9H2,1-3H3,(H,15,18). The number of aryl methyl sites for hydroxylation is 2. The topological polar surface area (TPSA) is 92.5 Å². The second-order valence-electron chi connectivity index (χ2n) is 4.98. The second kappa shape index (κ2) is 6.18. The molecule has 1 aromatic heterocycles. The van der Waals surface area contributed by atoms with Crippen LogP contribution in [-0.2, 0) is 14.8 Å². The van der Waals surface area contributed by atoms with Crippen LogP contribution in [0.1, 0.15) is 11.3 Å². The van der Waals surface area contributed by atoms with Gasteiger partial charge in [-0.2, -0.15) is 0 Å². The zero-order chi connectivity index (χ0) is 16.3. The Bertz CT molecular complexity index is 766. The highest BCUT2D eigenvalue weighted by Gasteiger charge is 2.23. The van der Waals surface area contributed by atoms with Crippen molar-refractivity contribution in [3.05, 3.63) is 41.7 Å². The maximum atomic E-state index is 12.1. The molecule has 0 aliphatic carbocycles. The van der Waals surface area contributed by atoms with Crippen LogP contribution >= 0.6 is 0 Å². The number of aromatic nitrogens is 1. The first kappa shape index (κ1) is 16.0. The maximum absolute atomic E-state index is 12.1. The molecule has 0 spiro atoms. The fourth-order valence-corrected chi connectivity index (χ4v) is 2.58. The lowest BCUT2D eigenvalue weighted by Gasteiger charge is -2.18. The molecule has 0 bridgehead atoms. The number of carbonyl (C=O) groups excluding carboxylic acids is 1. The number of anilines is 2. The van der Waals surface area contributed by atoms with E-state index < -0.39 is 15.9 Å². The van der Waals surface area contributed by atoms with Crippen LogP contribution in [0.3, 0.4) is 0 Å². The molecule has 0 saturated heterocycles. The summed E-state index contributed by atoms with van der Waals surface area (Å²) in [5, 5.41) is 6.29. The molecule has 2 aromatic rings. The van der Waals surface area contributed by atoms with Crippen molar-refractivity contribution in [2.75, 3.05) is 22.4 Å². The van der Waals surface area contributed by atoms with Crippen LogP contribution < -0.4 is 9.62 Å². The molecule has 0 aliphatic heterocycles. The molecule has 7 nitrogen and oxygen atoms in total. The molecular formula is C14H17N3O4S. The van der Waals surface area contributed by atoms with Gasteiger partial charge in [0.25, 0.3) is 0 Å². The van der Waals surface area contributed by atoms with Gasteiger partial charge in [-0.3, -0.25) is 4.79 Å². The number of carbonyl (C=O) groups is 1. The van der Waals surface area contributed by atoms with E-state index in [9.17, 15) is 13.2 Å². The molecule has 8 heteroatoms. The lowest BCUT2D eigenvalue weighted by molar-refractivity contribution is -0.114. The van der Waals surface area contributed by atoms with E-state index in [2.05, 4.69) is 10.5 Å². The minimum absolute atomic E-state index is 0.0825. The van der Waals surface area contributed by atoms with Crippen molar-refractivity contribution >= 4 is 27.4 Å². The summed E-state index contributed by atoms with van der Waals surface area (Å²) in [4.78, 5) is 12.1. The molecular weight excluding hydrogens is 306 g/mol. The Balaban J connectivity index is 2.14. The van der Waals surface area contributed by atoms with Gasteiger partial charge in [0.2, 0.25) is 15.9 Å². The molecule has 0 fully saturated rings. The van der Waals surface area contributed by atoms with Gasteiger partial charge in [0.05, 0.1) is 6.26 Å². The highest BCUT2D eigenvalue weighted by molar-refractivity contribution is 7.92. The lowest BCUT2D eigenvalue weighted by Crippen LogP contribution is -2.37. The van der Waals surface area contributed by atoms with E-state index >= 15 is 0 Å². The Kier molecular flexibility index (Phi) is 4.51. The number of hydrogen-bond acceptors (Lipinski definition) is 5. The third-order valence-corrected chi connectivity index (χ3v) is 4.01. The van der Waals surface area contributed by atoms with Crippen LogP contribution in [0.4, 0.5) is 11.5 Å². The van der Waals surface area contributed by atoms with E-state index in [-0.39, 0.29) is 12.4 Å². The van der Waals surface area contributed by atoms with Crippen molar-refractivity contribution in [1.29, 1.82) is 0 Å². The molecule has 1 amide bonds. The predicted octanol–water partition coefficient (Wildman–Crippen LogP) is 1.70. The maximum Gasteiger partial charge on any atom is 0.245 e. The minimum atomic E-state index is -3.65. The zero-order valence-corrected chi connectivity index (χ0v) is 13.3. The average Bonchev–Trinajstić information content (AvgIpc) is 2.84. The third-order valence-electron chi connectivity index (χ3n) is 2.89. The number of benzene rings is 1. The van der Waals surface area contributed by atoms with E-state index in [0.29, 0.717) is 11.4 Å². The van der Waals surface area contributed by atoms with Gasteiger partial charge in [-0.15, -0.1) is 0 Å². The number of amides is 1. The largest absolute Gasteiger partial charge is 0.360 e. The summed E-state index contributed by atoms with van der Waals surface area (Å²) in [7, 11) is -3.65. The van der Waals surface area contributed by atoms with Gasteiger partial charge in [-0.1, -0.05) is 22.9 Å². The molecule has 1 aromatic carbocycles. The average molecular weight is 323 g/mol. The van der Waals surface area contributed by atoms with E-state index in [1.165, 1.54) is 6.07 Å². The Hall–Kier alpha value is -2.35. The first-order valence-electron chi connectivity index (χ1n) is 6.53. The Labute approximate surface area is 129 Å². The van der Waals surface area contributed by atoms with E-state index in [0.717, 1.165) is 16.1 Å². The van der Waals surface area contributed by atoms with Crippen LogP contribution in [-0.4, -0.2) is 32.3 Å². The van der Waals surface area contributed by atoms with Crippen molar-refractivity contribution in [3.63, 3.8) is 0 Å². The molecule has 2 rings (SSSR count). The van der Waals surface area contributed by atoms with Crippen molar-refractivity contribution in [2.24, 2.45) is 0 Å². The quantitative estimate of drug-likeness (QED) is 0.904. The molecule has 1 N–H and O–H groups in total. The monoisotopic (exact) mass is 323 g/mol. The number of sulfonamides is 1. The van der Waals surface area contributed by atoms with Gasteiger partial charge in [0.15, 0.2) is 5.82 Å². The summed E-state index contributed by atoms with van der Waals surface area (Å²) in [6, 6.07) is 8.66. The molecule has 118 valence electrons. The van der Waals surface area contributed by atoms with Gasteiger partial charge in [-0.25, -0.2) is 12.7 Å². The Morgan fingerprint density at radius 1 is 1.27 bits per heavy atom. The lowest BCUT2D eigenvalue weighted by atomic mass is 10.2. The second-order valence-corrected chi connectivity index (χ2v) is 6.89. The summed E-state index contributed by atoms with van der Waals surface area (Å²) in [6.45, 7) is 3.20. The molecule has 1 heterocycles. The third kappa shape index (κ3) is 4.08. The number of nitrogens with one attached hydrogen (secondary N) is 1. The Morgan fingerprint density at radius 2 is 1.91 bits per heavy atom. The SMILES string of the molecule is Cc1ccc(NC(=O)CN(c2cc(C)on2)S(C)(=O)=O)cc1. The van der Waals surface area contributed by atoms with Crippen LogP contribution in [0.2, 0.25) is 0 Å². The highest BCUT2D eigenvalue weighted by Crippen LogP contribution is 2.17. The van der Waals surface area contributed by atoms with Gasteiger partial charge in [0.1, 0.15) is 12.3 Å². The normalized spacial score (nSPS) is 11.2. The van der Waals surface area contributed by atoms with Gasteiger partial charge in [-0.05, 0) is 26.0 Å². The van der Waals surface area contributed by atoms with Crippen LogP contribution in [0.5, 0.6) is 0 Å². The van der Waals surface area contributed by atoms with Crippen molar-refractivity contribution < 1.29 is 17.7 Å². The fraction of sp³-hybridized carbons (Fsp3) is 0.286. The van der Waals surface area contributed by atoms with Crippen LogP contribution in [0, 0.1) is 13.8 Å². The molecule has 0 atom stereocenters. The van der Waals surface area contributed by atoms with Gasteiger partial charge < -0.3 is 9.84 Å². The van der Waals surface area contributed by atoms with Crippen molar-refractivity contribution in [3.8, 4) is 0 Å². The molecule has 22 heavy (non-hydrogen) atoms. The van der Waals surface area contributed by atoms with Gasteiger partial charge in [0, 0.05) is 11.8 Å². The van der Waals surface area contributed by atoms with E-state index in [1.807, 2.05) is 19.1 Å². The number of hydrogen-bond donors (Lipinski definition) is 1. The number of nitrogens with zero attached hydrogens (tertiary/aromatic N) is 2. The predicted molar refractivity (Wildman–Crippen MR) is 83.2 cm³/mol. The van der Waals surface area contributed by atoms with Crippen LogP contribution in [0.25, 0.3) is 0 Å². The fourth-order valence-electron chi connectivity index (χ4n) is 1.81. The molecule has 0 aliphatic rings. The first-order valence-corrected chi connectivity index (χ1v) is 8.38. The molecule has 0 unspecified atom stereocenters. The smallest absolute Gasteiger partial charge is 0.245 e. The molecule has 0 radical (unpaired) electrons. The highest BCUT2D eigenvalue weighted by atomic mass is 32.2. The summed E-state index contributed by atoms with van der Waals surface area (Å²) in [6.07, 6.45) is 1.01. The summed E-state index contributed by atoms with van der Waals surface area (Å²) in [5.41, 5.74) is 1.66. The van der Waals surface area contributed by atoms with Gasteiger partial charge >= 0.3 is 0 Å². The summed E-state index contributed by atoms with van der Waals surface area (Å²) < 4.78 is 29.4. The van der Waals surface area contributed by atoms with E-state index in [1.54, 1.807) is 19.1 Å². The van der Waals surface area contributed by atoms with Crippen LogP contribution in [0.15, 0.2) is 34.9 Å². The zero-order valence-electron chi connectivity index (χ0n) is 12.5. The molecule has 0 saturated carbocycles. The minimum Gasteiger partial charge on any atom is -0.360 e. The first-order chi connectivity index (χ1) is 10.3. The van der Waals surface area contributed by atoms with Crippen molar-refractivity contribution in [1.82, 2.24) is 5.16 Å². The number of rotatable bonds is 5. The summed E-state index contributed by atoms with van der Waals surface area (Å²) >= 11 is 0.